The molecular weight excluding hydrogens is 282 g/mol. The van der Waals surface area contributed by atoms with Crippen LogP contribution in [0, 0.1) is 0 Å². The van der Waals surface area contributed by atoms with Crippen molar-refractivity contribution >= 4 is 21.9 Å². The predicted molar refractivity (Wildman–Crippen MR) is 72.3 cm³/mol. The fourth-order valence-corrected chi connectivity index (χ4v) is 2.04. The van der Waals surface area contributed by atoms with Gasteiger partial charge in [-0.15, -0.1) is 0 Å². The number of benzene rings is 1. The van der Waals surface area contributed by atoms with Crippen molar-refractivity contribution in [3.05, 3.63) is 35.4 Å². The van der Waals surface area contributed by atoms with E-state index in [0.717, 1.165) is 13.0 Å². The Morgan fingerprint density at radius 2 is 2.06 bits per heavy atom. The van der Waals surface area contributed by atoms with E-state index in [1.165, 1.54) is 18.2 Å². The summed E-state index contributed by atoms with van der Waals surface area (Å²) in [6.45, 7) is 3.47. The summed E-state index contributed by atoms with van der Waals surface area (Å²) in [4.78, 5) is 10.9. The van der Waals surface area contributed by atoms with E-state index in [2.05, 4.69) is 45.0 Å². The summed E-state index contributed by atoms with van der Waals surface area (Å²) in [5.41, 5.74) is 2.61. The van der Waals surface area contributed by atoms with E-state index in [-0.39, 0.29) is 10.8 Å². The molecule has 0 radical (unpaired) electrons. The number of carbonyl (C=O) groups excluding carboxylic acids is 1. The van der Waals surface area contributed by atoms with Gasteiger partial charge in [0.05, 0.1) is 7.11 Å². The Bertz CT molecular complexity index is 368. The zero-order chi connectivity index (χ0) is 12.7. The van der Waals surface area contributed by atoms with Crippen LogP contribution in [-0.4, -0.2) is 24.5 Å². The third kappa shape index (κ3) is 4.48. The van der Waals surface area contributed by atoms with Gasteiger partial charge in [-0.1, -0.05) is 47.1 Å². The molecule has 0 saturated heterocycles. The summed E-state index contributed by atoms with van der Waals surface area (Å²) >= 11 is 3.28. The lowest BCUT2D eigenvalue weighted by atomic mass is 10.1. The Balaban J connectivity index is 2.43. The summed E-state index contributed by atoms with van der Waals surface area (Å²) in [6, 6.07) is 8.31. The SMILES string of the molecule is CCc1ccccc1CNCC(Br)C(=O)OC. The summed E-state index contributed by atoms with van der Waals surface area (Å²) < 4.78 is 4.63. The molecule has 1 aromatic rings. The first kappa shape index (κ1) is 14.2. The first-order valence-corrected chi connectivity index (χ1v) is 6.60. The number of hydrogen-bond acceptors (Lipinski definition) is 3. The molecule has 1 aromatic carbocycles. The average Bonchev–Trinajstić information content (AvgIpc) is 2.38. The van der Waals surface area contributed by atoms with Gasteiger partial charge in [-0.25, -0.2) is 0 Å². The quantitative estimate of drug-likeness (QED) is 0.647. The lowest BCUT2D eigenvalue weighted by molar-refractivity contribution is -0.139. The van der Waals surface area contributed by atoms with Gasteiger partial charge < -0.3 is 10.1 Å². The van der Waals surface area contributed by atoms with E-state index in [1.807, 2.05) is 12.1 Å². The highest BCUT2D eigenvalue weighted by molar-refractivity contribution is 9.10. The zero-order valence-corrected chi connectivity index (χ0v) is 11.8. The molecule has 1 atom stereocenters. The Hall–Kier alpha value is -0.870. The van der Waals surface area contributed by atoms with Crippen molar-refractivity contribution in [1.82, 2.24) is 5.32 Å². The van der Waals surface area contributed by atoms with E-state index < -0.39 is 0 Å². The maximum Gasteiger partial charge on any atom is 0.320 e. The molecule has 0 aliphatic rings. The van der Waals surface area contributed by atoms with E-state index in [9.17, 15) is 4.79 Å². The third-order valence-corrected chi connectivity index (χ3v) is 3.29. The van der Waals surface area contributed by atoms with Crippen molar-refractivity contribution in [3.63, 3.8) is 0 Å². The summed E-state index contributed by atoms with van der Waals surface area (Å²) in [5.74, 6) is -0.249. The molecule has 3 nitrogen and oxygen atoms in total. The van der Waals surface area contributed by atoms with Crippen molar-refractivity contribution in [3.8, 4) is 0 Å². The standard InChI is InChI=1S/C13H18BrNO2/c1-3-10-6-4-5-7-11(10)8-15-9-12(14)13(16)17-2/h4-7,12,15H,3,8-9H2,1-2H3. The Labute approximate surface area is 111 Å². The van der Waals surface area contributed by atoms with Crippen molar-refractivity contribution < 1.29 is 9.53 Å². The second-order valence-electron chi connectivity index (χ2n) is 3.74. The smallest absolute Gasteiger partial charge is 0.320 e. The van der Waals surface area contributed by atoms with Crippen LogP contribution < -0.4 is 5.32 Å². The summed E-state index contributed by atoms with van der Waals surface area (Å²) in [7, 11) is 1.39. The largest absolute Gasteiger partial charge is 0.468 e. The van der Waals surface area contributed by atoms with Crippen molar-refractivity contribution in [2.24, 2.45) is 0 Å². The highest BCUT2D eigenvalue weighted by Crippen LogP contribution is 2.09. The van der Waals surface area contributed by atoms with Crippen molar-refractivity contribution in [2.45, 2.75) is 24.7 Å². The van der Waals surface area contributed by atoms with E-state index in [4.69, 9.17) is 0 Å². The Morgan fingerprint density at radius 1 is 1.41 bits per heavy atom. The van der Waals surface area contributed by atoms with E-state index in [1.54, 1.807) is 0 Å². The van der Waals surface area contributed by atoms with Crippen LogP contribution >= 0.6 is 15.9 Å². The number of esters is 1. The molecule has 0 heterocycles. The molecule has 17 heavy (non-hydrogen) atoms. The fraction of sp³-hybridized carbons (Fsp3) is 0.462. The number of aryl methyl sites for hydroxylation is 1. The molecule has 0 aromatic heterocycles. The number of hydrogen-bond donors (Lipinski definition) is 1. The molecule has 0 aliphatic heterocycles. The maximum absolute atomic E-state index is 11.2. The minimum Gasteiger partial charge on any atom is -0.468 e. The van der Waals surface area contributed by atoms with Crippen LogP contribution in [0.5, 0.6) is 0 Å². The van der Waals surface area contributed by atoms with Crippen molar-refractivity contribution in [2.75, 3.05) is 13.7 Å². The Morgan fingerprint density at radius 3 is 2.65 bits per heavy atom. The van der Waals surface area contributed by atoms with Crippen LogP contribution in [0.25, 0.3) is 0 Å². The predicted octanol–water partition coefficient (Wildman–Crippen LogP) is 2.28. The lowest BCUT2D eigenvalue weighted by Gasteiger charge is -2.11. The van der Waals surface area contributed by atoms with Gasteiger partial charge in [0, 0.05) is 13.1 Å². The fourth-order valence-electron chi connectivity index (χ4n) is 1.62. The van der Waals surface area contributed by atoms with Crippen molar-refractivity contribution in [1.29, 1.82) is 0 Å². The molecule has 1 unspecified atom stereocenters. The molecule has 94 valence electrons. The molecule has 1 rings (SSSR count). The van der Waals surface area contributed by atoms with Gasteiger partial charge in [0.2, 0.25) is 0 Å². The van der Waals surface area contributed by atoms with Gasteiger partial charge in [-0.05, 0) is 17.5 Å². The van der Waals surface area contributed by atoms with E-state index >= 15 is 0 Å². The second-order valence-corrected chi connectivity index (χ2v) is 4.85. The molecule has 0 amide bonds. The highest BCUT2D eigenvalue weighted by Gasteiger charge is 2.14. The number of halogens is 1. The Kier molecular flexibility index (Phi) is 6.22. The lowest BCUT2D eigenvalue weighted by Crippen LogP contribution is -2.29. The third-order valence-electron chi connectivity index (χ3n) is 2.60. The zero-order valence-electron chi connectivity index (χ0n) is 10.2. The first-order chi connectivity index (χ1) is 8.19. The number of ether oxygens (including phenoxy) is 1. The van der Waals surface area contributed by atoms with Crippen LogP contribution in [0.15, 0.2) is 24.3 Å². The molecule has 0 saturated carbocycles. The molecule has 4 heteroatoms. The van der Waals surface area contributed by atoms with E-state index in [0.29, 0.717) is 6.54 Å². The van der Waals surface area contributed by atoms with Crippen LogP contribution in [0.1, 0.15) is 18.1 Å². The number of rotatable bonds is 6. The van der Waals surface area contributed by atoms with Gasteiger partial charge in [-0.2, -0.15) is 0 Å². The second kappa shape index (κ2) is 7.45. The van der Waals surface area contributed by atoms with Crippen LogP contribution in [0.2, 0.25) is 0 Å². The maximum atomic E-state index is 11.2. The number of methoxy groups -OCH3 is 1. The topological polar surface area (TPSA) is 38.3 Å². The summed E-state index contributed by atoms with van der Waals surface area (Å²) in [6.07, 6.45) is 1.02. The van der Waals surface area contributed by atoms with Gasteiger partial charge in [0.1, 0.15) is 4.83 Å². The normalized spacial score (nSPS) is 12.2. The van der Waals surface area contributed by atoms with Crippen LogP contribution in [0.3, 0.4) is 0 Å². The van der Waals surface area contributed by atoms with Gasteiger partial charge in [0.15, 0.2) is 0 Å². The molecule has 0 aliphatic carbocycles. The molecular formula is C13H18BrNO2. The first-order valence-electron chi connectivity index (χ1n) is 5.68. The monoisotopic (exact) mass is 299 g/mol. The molecule has 1 N–H and O–H groups in total. The molecule has 0 bridgehead atoms. The number of alkyl halides is 1. The number of carbonyl (C=O) groups is 1. The molecule has 0 spiro atoms. The summed E-state index contributed by atoms with van der Waals surface area (Å²) in [5, 5.41) is 3.24. The number of nitrogens with one attached hydrogen (secondary N) is 1. The van der Waals surface area contributed by atoms with Gasteiger partial charge >= 0.3 is 5.97 Å². The van der Waals surface area contributed by atoms with Gasteiger partial charge in [-0.3, -0.25) is 4.79 Å². The highest BCUT2D eigenvalue weighted by atomic mass is 79.9. The molecule has 0 fully saturated rings. The van der Waals surface area contributed by atoms with Crippen LogP contribution in [-0.2, 0) is 22.5 Å². The average molecular weight is 300 g/mol. The minimum atomic E-state index is -0.290. The van der Waals surface area contributed by atoms with Gasteiger partial charge in [0.25, 0.3) is 0 Å². The minimum absolute atomic E-state index is 0.249. The van der Waals surface area contributed by atoms with Crippen LogP contribution in [0.4, 0.5) is 0 Å².